The van der Waals surface area contributed by atoms with Crippen molar-refractivity contribution in [2.45, 2.75) is 52.1 Å². The van der Waals surface area contributed by atoms with Crippen LogP contribution < -0.4 is 0 Å². The Labute approximate surface area is 92.1 Å². The van der Waals surface area contributed by atoms with Crippen molar-refractivity contribution in [1.82, 2.24) is 0 Å². The van der Waals surface area contributed by atoms with Crippen molar-refractivity contribution in [3.63, 3.8) is 0 Å². The number of aryl methyl sites for hydroxylation is 2. The summed E-state index contributed by atoms with van der Waals surface area (Å²) in [4.78, 5) is 0. The van der Waals surface area contributed by atoms with Gasteiger partial charge in [0.1, 0.15) is 0 Å². The fourth-order valence-corrected chi connectivity index (χ4v) is 2.54. The molecule has 0 fully saturated rings. The zero-order chi connectivity index (χ0) is 11.1. The summed E-state index contributed by atoms with van der Waals surface area (Å²) in [5.41, 5.74) is 5.25. The maximum absolute atomic E-state index is 10.1. The molecule has 1 aliphatic carbocycles. The van der Waals surface area contributed by atoms with Gasteiger partial charge >= 0.3 is 0 Å². The largest absolute Gasteiger partial charge is 0.390 e. The van der Waals surface area contributed by atoms with Gasteiger partial charge in [-0.2, -0.15) is 0 Å². The maximum atomic E-state index is 10.1. The number of benzene rings is 1. The highest BCUT2D eigenvalue weighted by molar-refractivity contribution is 5.41. The molecule has 0 amide bonds. The van der Waals surface area contributed by atoms with Crippen LogP contribution in [0.5, 0.6) is 0 Å². The molecule has 1 aliphatic rings. The summed E-state index contributed by atoms with van der Waals surface area (Å²) in [6, 6.07) is 4.41. The van der Waals surface area contributed by atoms with Crippen LogP contribution in [0.1, 0.15) is 42.0 Å². The lowest BCUT2D eigenvalue weighted by Gasteiger charge is -2.19. The van der Waals surface area contributed by atoms with E-state index in [4.69, 9.17) is 0 Å². The van der Waals surface area contributed by atoms with E-state index in [0.29, 0.717) is 0 Å². The third-order valence-electron chi connectivity index (χ3n) is 3.73. The minimum Gasteiger partial charge on any atom is -0.390 e. The van der Waals surface area contributed by atoms with Crippen molar-refractivity contribution < 1.29 is 5.11 Å². The minimum absolute atomic E-state index is 0.474. The Morgan fingerprint density at radius 1 is 1.00 bits per heavy atom. The summed E-state index contributed by atoms with van der Waals surface area (Å²) >= 11 is 0. The predicted molar refractivity (Wildman–Crippen MR) is 63.2 cm³/mol. The summed E-state index contributed by atoms with van der Waals surface area (Å²) in [5, 5.41) is 10.1. The molecule has 1 heteroatoms. The summed E-state index contributed by atoms with van der Waals surface area (Å²) in [5.74, 6) is 0. The van der Waals surface area contributed by atoms with E-state index in [1.807, 2.05) is 6.92 Å². The molecule has 0 saturated carbocycles. The first kappa shape index (κ1) is 10.7. The van der Waals surface area contributed by atoms with Crippen molar-refractivity contribution in [1.29, 1.82) is 0 Å². The normalized spacial score (nSPS) is 19.5. The second-order valence-electron chi connectivity index (χ2n) is 5.15. The van der Waals surface area contributed by atoms with E-state index < -0.39 is 5.60 Å². The van der Waals surface area contributed by atoms with E-state index in [0.717, 1.165) is 25.7 Å². The molecule has 1 aromatic rings. The van der Waals surface area contributed by atoms with Crippen LogP contribution in [-0.4, -0.2) is 10.7 Å². The van der Waals surface area contributed by atoms with Crippen molar-refractivity contribution >= 4 is 0 Å². The molecule has 1 aromatic carbocycles. The highest BCUT2D eigenvalue weighted by Gasteiger charge is 2.25. The molecule has 0 heterocycles. The molecule has 0 bridgehead atoms. The van der Waals surface area contributed by atoms with Gasteiger partial charge in [0.05, 0.1) is 5.60 Å². The molecule has 0 unspecified atom stereocenters. The quantitative estimate of drug-likeness (QED) is 0.644. The van der Waals surface area contributed by atoms with Crippen LogP contribution in [0.4, 0.5) is 0 Å². The molecule has 1 nitrogen and oxygen atoms in total. The van der Waals surface area contributed by atoms with E-state index in [2.05, 4.69) is 26.0 Å². The van der Waals surface area contributed by atoms with Gasteiger partial charge in [-0.3, -0.25) is 0 Å². The monoisotopic (exact) mass is 204 g/mol. The van der Waals surface area contributed by atoms with Crippen LogP contribution in [-0.2, 0) is 12.8 Å². The number of hydrogen-bond donors (Lipinski definition) is 1. The van der Waals surface area contributed by atoms with Crippen molar-refractivity contribution in [3.8, 4) is 0 Å². The summed E-state index contributed by atoms with van der Waals surface area (Å²) in [7, 11) is 0. The third kappa shape index (κ3) is 2.07. The van der Waals surface area contributed by atoms with Gasteiger partial charge < -0.3 is 5.11 Å². The first-order valence-corrected chi connectivity index (χ1v) is 5.80. The standard InChI is InChI=1S/C14H20O/c1-10-4-5-11(2)13-7-9-14(3,15)8-6-12(10)13/h4-5,15H,6-9H2,1-3H3. The van der Waals surface area contributed by atoms with Crippen LogP contribution in [0.3, 0.4) is 0 Å². The molecule has 82 valence electrons. The first-order valence-electron chi connectivity index (χ1n) is 5.80. The van der Waals surface area contributed by atoms with Gasteiger partial charge in [-0.25, -0.2) is 0 Å². The Balaban J connectivity index is 2.43. The molecule has 2 rings (SSSR count). The molecule has 0 saturated heterocycles. The van der Waals surface area contributed by atoms with Gasteiger partial charge in [-0.1, -0.05) is 12.1 Å². The fraction of sp³-hybridized carbons (Fsp3) is 0.571. The van der Waals surface area contributed by atoms with Gasteiger partial charge in [0.25, 0.3) is 0 Å². The minimum atomic E-state index is -0.474. The van der Waals surface area contributed by atoms with Crippen molar-refractivity contribution in [3.05, 3.63) is 34.4 Å². The molecule has 0 aliphatic heterocycles. The zero-order valence-corrected chi connectivity index (χ0v) is 9.93. The van der Waals surface area contributed by atoms with Gasteiger partial charge in [-0.05, 0) is 68.7 Å². The van der Waals surface area contributed by atoms with Gasteiger partial charge in [0, 0.05) is 0 Å². The Hall–Kier alpha value is -0.820. The Morgan fingerprint density at radius 2 is 1.40 bits per heavy atom. The number of rotatable bonds is 0. The topological polar surface area (TPSA) is 20.2 Å². The molecular weight excluding hydrogens is 184 g/mol. The second-order valence-corrected chi connectivity index (χ2v) is 5.15. The van der Waals surface area contributed by atoms with Gasteiger partial charge in [0.2, 0.25) is 0 Å². The van der Waals surface area contributed by atoms with E-state index in [9.17, 15) is 5.11 Å². The summed E-state index contributed by atoms with van der Waals surface area (Å²) < 4.78 is 0. The van der Waals surface area contributed by atoms with Crippen LogP contribution in [0.15, 0.2) is 12.1 Å². The summed E-state index contributed by atoms with van der Waals surface area (Å²) in [6.07, 6.45) is 3.83. The SMILES string of the molecule is Cc1ccc(C)c2c1CCC(C)(O)CC2. The van der Waals surface area contributed by atoms with Crippen LogP contribution in [0.25, 0.3) is 0 Å². The predicted octanol–water partition coefficient (Wildman–Crippen LogP) is 2.93. The lowest BCUT2D eigenvalue weighted by molar-refractivity contribution is 0.0452. The second kappa shape index (κ2) is 3.64. The number of fused-ring (bicyclic) bond motifs is 1. The van der Waals surface area contributed by atoms with Gasteiger partial charge in [0.15, 0.2) is 0 Å². The molecular formula is C14H20O. The Bertz CT molecular complexity index is 342. The Kier molecular flexibility index (Phi) is 2.59. The average Bonchev–Trinajstić information content (AvgIpc) is 2.32. The van der Waals surface area contributed by atoms with Crippen LogP contribution >= 0.6 is 0 Å². The van der Waals surface area contributed by atoms with Crippen molar-refractivity contribution in [2.24, 2.45) is 0 Å². The van der Waals surface area contributed by atoms with Crippen LogP contribution in [0, 0.1) is 13.8 Å². The first-order chi connectivity index (χ1) is 6.99. The summed E-state index contributed by atoms with van der Waals surface area (Å²) in [6.45, 7) is 6.32. The van der Waals surface area contributed by atoms with E-state index in [-0.39, 0.29) is 0 Å². The zero-order valence-electron chi connectivity index (χ0n) is 9.93. The maximum Gasteiger partial charge on any atom is 0.0626 e. The highest BCUT2D eigenvalue weighted by Crippen LogP contribution is 2.30. The lowest BCUT2D eigenvalue weighted by Crippen LogP contribution is -2.23. The molecule has 0 aromatic heterocycles. The highest BCUT2D eigenvalue weighted by atomic mass is 16.3. The number of aliphatic hydroxyl groups is 1. The molecule has 1 N–H and O–H groups in total. The molecule has 0 spiro atoms. The third-order valence-corrected chi connectivity index (χ3v) is 3.73. The van der Waals surface area contributed by atoms with Gasteiger partial charge in [-0.15, -0.1) is 0 Å². The van der Waals surface area contributed by atoms with E-state index in [1.165, 1.54) is 22.3 Å². The average molecular weight is 204 g/mol. The molecule has 0 radical (unpaired) electrons. The van der Waals surface area contributed by atoms with Crippen LogP contribution in [0.2, 0.25) is 0 Å². The number of hydrogen-bond acceptors (Lipinski definition) is 1. The molecule has 0 atom stereocenters. The smallest absolute Gasteiger partial charge is 0.0626 e. The Morgan fingerprint density at radius 3 is 1.80 bits per heavy atom. The molecule has 15 heavy (non-hydrogen) atoms. The van der Waals surface area contributed by atoms with E-state index >= 15 is 0 Å². The lowest BCUT2D eigenvalue weighted by atomic mass is 9.94. The van der Waals surface area contributed by atoms with E-state index in [1.54, 1.807) is 0 Å². The van der Waals surface area contributed by atoms with Crippen molar-refractivity contribution in [2.75, 3.05) is 0 Å². The fourth-order valence-electron chi connectivity index (χ4n) is 2.54.